The van der Waals surface area contributed by atoms with Crippen molar-refractivity contribution in [2.24, 2.45) is 10.8 Å². The van der Waals surface area contributed by atoms with Crippen molar-refractivity contribution < 1.29 is 0 Å². The van der Waals surface area contributed by atoms with Gasteiger partial charge in [0.25, 0.3) is 0 Å². The Hall–Kier alpha value is -0.770. The Morgan fingerprint density at radius 2 is 2.07 bits per heavy atom. The van der Waals surface area contributed by atoms with Gasteiger partial charge in [-0.1, -0.05) is 5.11 Å². The fourth-order valence-electron chi connectivity index (χ4n) is 1.81. The number of likely N-dealkylation sites (tertiary alicyclic amines) is 1. The molecule has 0 aromatic carbocycles. The molecule has 1 fully saturated rings. The Morgan fingerprint density at radius 1 is 1.36 bits per heavy atom. The monoisotopic (exact) mass is 197 g/mol. The van der Waals surface area contributed by atoms with E-state index >= 15 is 0 Å². The van der Waals surface area contributed by atoms with Crippen molar-refractivity contribution in [3.05, 3.63) is 10.4 Å². The smallest absolute Gasteiger partial charge is 0.0398 e. The highest BCUT2D eigenvalue weighted by atomic mass is 15.2. The molecule has 1 saturated heterocycles. The number of azide groups is 1. The van der Waals surface area contributed by atoms with Gasteiger partial charge >= 0.3 is 0 Å². The van der Waals surface area contributed by atoms with Crippen LogP contribution in [0.5, 0.6) is 0 Å². The summed E-state index contributed by atoms with van der Waals surface area (Å²) in [7, 11) is 0. The van der Waals surface area contributed by atoms with Crippen LogP contribution >= 0.6 is 0 Å². The first-order valence-corrected chi connectivity index (χ1v) is 5.33. The number of rotatable bonds is 5. The van der Waals surface area contributed by atoms with Crippen molar-refractivity contribution in [2.75, 3.05) is 26.2 Å². The van der Waals surface area contributed by atoms with Crippen molar-refractivity contribution in [2.45, 2.75) is 31.7 Å². The van der Waals surface area contributed by atoms with Crippen LogP contribution in [0.2, 0.25) is 0 Å². The Kier molecular flexibility index (Phi) is 5.37. The summed E-state index contributed by atoms with van der Waals surface area (Å²) in [5.74, 6) is 0. The molecule has 0 atom stereocenters. The lowest BCUT2D eigenvalue weighted by Crippen LogP contribution is -2.35. The number of piperidine rings is 1. The second-order valence-corrected chi connectivity index (χ2v) is 3.77. The predicted molar refractivity (Wildman–Crippen MR) is 56.9 cm³/mol. The molecule has 1 aliphatic heterocycles. The van der Waals surface area contributed by atoms with Crippen LogP contribution in [-0.4, -0.2) is 37.1 Å². The highest BCUT2D eigenvalue weighted by molar-refractivity contribution is 4.77. The van der Waals surface area contributed by atoms with Gasteiger partial charge in [0, 0.05) is 11.0 Å². The molecule has 0 unspecified atom stereocenters. The summed E-state index contributed by atoms with van der Waals surface area (Å²) in [6, 6.07) is 0.228. The number of nitrogens with two attached hydrogens (primary N) is 1. The van der Waals surface area contributed by atoms with E-state index in [-0.39, 0.29) is 6.04 Å². The van der Waals surface area contributed by atoms with E-state index in [0.717, 1.165) is 45.4 Å². The van der Waals surface area contributed by atoms with Gasteiger partial charge in [0.2, 0.25) is 0 Å². The fourth-order valence-corrected chi connectivity index (χ4v) is 1.81. The summed E-state index contributed by atoms with van der Waals surface area (Å²) in [5, 5.41) is 3.75. The molecular formula is C9H19N5. The quantitative estimate of drug-likeness (QED) is 0.314. The minimum atomic E-state index is 0.228. The molecule has 5 heteroatoms. The van der Waals surface area contributed by atoms with Crippen LogP contribution < -0.4 is 5.73 Å². The second-order valence-electron chi connectivity index (χ2n) is 3.77. The molecule has 1 rings (SSSR count). The van der Waals surface area contributed by atoms with Crippen LogP contribution in [0.25, 0.3) is 10.4 Å². The fraction of sp³-hybridized carbons (Fsp3) is 1.00. The molecule has 5 nitrogen and oxygen atoms in total. The second kappa shape index (κ2) is 6.65. The van der Waals surface area contributed by atoms with E-state index < -0.39 is 0 Å². The lowest BCUT2D eigenvalue weighted by atomic mass is 10.1. The maximum Gasteiger partial charge on any atom is 0.0398 e. The lowest BCUT2D eigenvalue weighted by molar-refractivity contribution is 0.210. The summed E-state index contributed by atoms with van der Waals surface area (Å²) in [5.41, 5.74) is 13.7. The normalized spacial score (nSPS) is 19.2. The molecule has 0 radical (unpaired) electrons. The predicted octanol–water partition coefficient (Wildman–Crippen LogP) is 1.50. The first kappa shape index (κ1) is 11.3. The minimum absolute atomic E-state index is 0.228. The molecule has 0 saturated carbocycles. The van der Waals surface area contributed by atoms with Gasteiger partial charge in [-0.3, -0.25) is 0 Å². The Labute approximate surface area is 84.9 Å². The van der Waals surface area contributed by atoms with E-state index in [1.165, 1.54) is 6.42 Å². The van der Waals surface area contributed by atoms with Gasteiger partial charge in [-0.25, -0.2) is 0 Å². The van der Waals surface area contributed by atoms with Gasteiger partial charge in [-0.05, 0) is 57.4 Å². The number of hydrogen-bond donors (Lipinski definition) is 1. The highest BCUT2D eigenvalue weighted by Gasteiger charge is 2.16. The SMILES string of the molecule is [N-]=[N+]=NC1CCN(CCCCN)CC1. The summed E-state index contributed by atoms with van der Waals surface area (Å²) in [6.45, 7) is 4.05. The molecule has 0 spiro atoms. The molecule has 0 amide bonds. The van der Waals surface area contributed by atoms with E-state index in [1.807, 2.05) is 0 Å². The molecule has 1 heterocycles. The molecule has 1 aliphatic rings. The summed E-state index contributed by atoms with van der Waals surface area (Å²) in [6.07, 6.45) is 4.30. The van der Waals surface area contributed by atoms with Gasteiger partial charge in [0.15, 0.2) is 0 Å². The Morgan fingerprint density at radius 3 is 2.64 bits per heavy atom. The van der Waals surface area contributed by atoms with Crippen LogP contribution in [0.3, 0.4) is 0 Å². The van der Waals surface area contributed by atoms with Gasteiger partial charge in [0.1, 0.15) is 0 Å². The van der Waals surface area contributed by atoms with E-state index in [0.29, 0.717) is 0 Å². The third-order valence-corrected chi connectivity index (χ3v) is 2.70. The van der Waals surface area contributed by atoms with Crippen LogP contribution in [-0.2, 0) is 0 Å². The Balaban J connectivity index is 2.12. The van der Waals surface area contributed by atoms with Gasteiger partial charge < -0.3 is 10.6 Å². The molecular weight excluding hydrogens is 178 g/mol. The van der Waals surface area contributed by atoms with Crippen LogP contribution in [0, 0.1) is 0 Å². The number of hydrogen-bond acceptors (Lipinski definition) is 3. The van der Waals surface area contributed by atoms with E-state index in [4.69, 9.17) is 11.3 Å². The molecule has 0 aromatic rings. The van der Waals surface area contributed by atoms with Gasteiger partial charge in [-0.2, -0.15) is 0 Å². The zero-order valence-electron chi connectivity index (χ0n) is 8.60. The molecule has 2 N–H and O–H groups in total. The first-order chi connectivity index (χ1) is 6.86. The van der Waals surface area contributed by atoms with Crippen LogP contribution in [0.4, 0.5) is 0 Å². The van der Waals surface area contributed by atoms with Gasteiger partial charge in [0.05, 0.1) is 0 Å². The van der Waals surface area contributed by atoms with E-state index in [9.17, 15) is 0 Å². The average molecular weight is 197 g/mol. The zero-order chi connectivity index (χ0) is 10.2. The third kappa shape index (κ3) is 3.96. The standard InChI is InChI=1S/C9H19N5/c10-5-1-2-6-14-7-3-9(4-8-14)12-13-11/h9H,1-8,10H2. The summed E-state index contributed by atoms with van der Waals surface area (Å²) >= 11 is 0. The molecule has 0 aliphatic carbocycles. The van der Waals surface area contributed by atoms with Crippen molar-refractivity contribution in [1.82, 2.24) is 4.90 Å². The van der Waals surface area contributed by atoms with Crippen molar-refractivity contribution in [3.63, 3.8) is 0 Å². The van der Waals surface area contributed by atoms with Crippen molar-refractivity contribution in [3.8, 4) is 0 Å². The molecule has 80 valence electrons. The van der Waals surface area contributed by atoms with E-state index in [1.54, 1.807) is 0 Å². The first-order valence-electron chi connectivity index (χ1n) is 5.33. The minimum Gasteiger partial charge on any atom is -0.330 e. The largest absolute Gasteiger partial charge is 0.330 e. The van der Waals surface area contributed by atoms with E-state index in [2.05, 4.69) is 14.9 Å². The van der Waals surface area contributed by atoms with Crippen molar-refractivity contribution in [1.29, 1.82) is 0 Å². The molecule has 0 bridgehead atoms. The third-order valence-electron chi connectivity index (χ3n) is 2.70. The maximum atomic E-state index is 8.29. The van der Waals surface area contributed by atoms with Gasteiger partial charge in [-0.15, -0.1) is 0 Å². The van der Waals surface area contributed by atoms with Crippen LogP contribution in [0.15, 0.2) is 5.11 Å². The highest BCUT2D eigenvalue weighted by Crippen LogP contribution is 2.13. The average Bonchev–Trinajstić information content (AvgIpc) is 2.21. The number of nitrogens with zero attached hydrogens (tertiary/aromatic N) is 4. The molecule has 14 heavy (non-hydrogen) atoms. The summed E-state index contributed by atoms with van der Waals surface area (Å²) < 4.78 is 0. The zero-order valence-corrected chi connectivity index (χ0v) is 8.60. The van der Waals surface area contributed by atoms with Crippen molar-refractivity contribution >= 4 is 0 Å². The maximum absolute atomic E-state index is 8.29. The topological polar surface area (TPSA) is 78.0 Å². The molecule has 0 aromatic heterocycles. The summed E-state index contributed by atoms with van der Waals surface area (Å²) in [4.78, 5) is 5.28. The Bertz CT molecular complexity index is 191. The van der Waals surface area contributed by atoms with Crippen LogP contribution in [0.1, 0.15) is 25.7 Å². The lowest BCUT2D eigenvalue weighted by Gasteiger charge is -2.29. The number of unbranched alkanes of at least 4 members (excludes halogenated alkanes) is 1.